The van der Waals surface area contributed by atoms with Crippen LogP contribution < -0.4 is 4.89 Å². The topological polar surface area (TPSA) is 111 Å². The van der Waals surface area contributed by atoms with E-state index in [9.17, 15) is 19.0 Å². The molecule has 0 spiro atoms. The Morgan fingerprint density at radius 1 is 0.390 bits per heavy atom. The van der Waals surface area contributed by atoms with Crippen LogP contribution in [0.2, 0.25) is 0 Å². The van der Waals surface area contributed by atoms with E-state index in [2.05, 4.69) is 172 Å². The van der Waals surface area contributed by atoms with Gasteiger partial charge in [0.05, 0.1) is 27.7 Å². The van der Waals surface area contributed by atoms with Crippen molar-refractivity contribution < 1.29 is 42.1 Å². The number of allylic oxidation sites excluding steroid dienone is 26. The summed E-state index contributed by atoms with van der Waals surface area (Å²) in [6.07, 6.45) is 91.7. The fourth-order valence-electron chi connectivity index (χ4n) is 8.10. The number of hydrogen-bond acceptors (Lipinski definition) is 8. The third-order valence-corrected chi connectivity index (χ3v) is 14.0. The number of carbonyl (C=O) groups is 2. The summed E-state index contributed by atoms with van der Waals surface area (Å²) in [5, 5.41) is 0. The second-order valence-corrected chi connectivity index (χ2v) is 23.4. The zero-order valence-electron chi connectivity index (χ0n) is 52.6. The van der Waals surface area contributed by atoms with Gasteiger partial charge in [0, 0.05) is 12.8 Å². The maximum Gasteiger partial charge on any atom is 0.306 e. The number of ether oxygens (including phenoxy) is 2. The van der Waals surface area contributed by atoms with E-state index in [1.165, 1.54) is 83.5 Å². The lowest BCUT2D eigenvalue weighted by Crippen LogP contribution is -2.37. The van der Waals surface area contributed by atoms with Gasteiger partial charge in [-0.05, 0) is 128 Å². The average molecular weight is 1160 g/mol. The molecule has 0 aromatic heterocycles. The maximum absolute atomic E-state index is 12.8. The fourth-order valence-corrected chi connectivity index (χ4v) is 8.83. The van der Waals surface area contributed by atoms with Crippen LogP contribution in [-0.2, 0) is 32.7 Å². The van der Waals surface area contributed by atoms with Crippen LogP contribution in [0.25, 0.3) is 0 Å². The van der Waals surface area contributed by atoms with Gasteiger partial charge in [-0.2, -0.15) is 0 Å². The van der Waals surface area contributed by atoms with E-state index in [1.54, 1.807) is 0 Å². The summed E-state index contributed by atoms with van der Waals surface area (Å²) in [6.45, 7) is 4.05. The fraction of sp³-hybridized carbons (Fsp3) is 0.611. The van der Waals surface area contributed by atoms with Gasteiger partial charge >= 0.3 is 11.9 Å². The first-order valence-electron chi connectivity index (χ1n) is 32.2. The molecule has 0 bridgehead atoms. The van der Waals surface area contributed by atoms with E-state index >= 15 is 0 Å². The first kappa shape index (κ1) is 77.6. The van der Waals surface area contributed by atoms with Crippen molar-refractivity contribution in [1.29, 1.82) is 0 Å². The van der Waals surface area contributed by atoms with E-state index in [4.69, 9.17) is 18.5 Å². The van der Waals surface area contributed by atoms with E-state index < -0.39 is 32.5 Å². The van der Waals surface area contributed by atoms with Crippen molar-refractivity contribution in [2.45, 2.75) is 238 Å². The smallest absolute Gasteiger partial charge is 0.306 e. The molecule has 0 amide bonds. The third kappa shape index (κ3) is 64.8. The molecule has 0 aromatic rings. The zero-order valence-corrected chi connectivity index (χ0v) is 53.5. The van der Waals surface area contributed by atoms with Crippen LogP contribution in [0.3, 0.4) is 0 Å². The quantitative estimate of drug-likeness (QED) is 0.0195. The molecule has 0 aromatic carbocycles. The lowest BCUT2D eigenvalue weighted by molar-refractivity contribution is -0.870. The molecule has 0 saturated carbocycles. The monoisotopic (exact) mass is 1160 g/mol. The van der Waals surface area contributed by atoms with Crippen LogP contribution in [0, 0.1) is 0 Å². The van der Waals surface area contributed by atoms with Crippen LogP contribution in [-0.4, -0.2) is 70.0 Å². The Labute approximate surface area is 503 Å². The van der Waals surface area contributed by atoms with E-state index in [0.29, 0.717) is 23.9 Å². The first-order chi connectivity index (χ1) is 40.0. The number of likely N-dealkylation sites (N-methyl/N-ethyl adjacent to an activating group) is 1. The Balaban J connectivity index is 4.24. The molecular formula is C72H118NO8P. The number of quaternary nitrogens is 1. The van der Waals surface area contributed by atoms with Crippen molar-refractivity contribution >= 4 is 19.8 Å². The minimum atomic E-state index is -4.66. The second kappa shape index (κ2) is 61.2. The average Bonchev–Trinajstić information content (AvgIpc) is 3.46. The second-order valence-electron chi connectivity index (χ2n) is 22.0. The van der Waals surface area contributed by atoms with E-state index in [-0.39, 0.29) is 26.1 Å². The van der Waals surface area contributed by atoms with Crippen molar-refractivity contribution in [3.63, 3.8) is 0 Å². The maximum atomic E-state index is 12.8. The van der Waals surface area contributed by atoms with E-state index in [0.717, 1.165) is 109 Å². The molecule has 0 aliphatic carbocycles. The van der Waals surface area contributed by atoms with Crippen LogP contribution in [0.4, 0.5) is 0 Å². The Hall–Kier alpha value is -4.37. The molecule has 0 aliphatic rings. The van der Waals surface area contributed by atoms with Gasteiger partial charge in [0.25, 0.3) is 7.82 Å². The highest BCUT2D eigenvalue weighted by Crippen LogP contribution is 2.38. The highest BCUT2D eigenvalue weighted by Gasteiger charge is 2.21. The van der Waals surface area contributed by atoms with Gasteiger partial charge in [-0.3, -0.25) is 14.2 Å². The number of phosphoric acid groups is 1. The molecule has 0 heterocycles. The summed E-state index contributed by atoms with van der Waals surface area (Å²) in [7, 11) is 1.12. The van der Waals surface area contributed by atoms with Crippen molar-refractivity contribution in [3.05, 3.63) is 158 Å². The zero-order chi connectivity index (χ0) is 59.8. The van der Waals surface area contributed by atoms with Crippen molar-refractivity contribution in [3.8, 4) is 0 Å². The SMILES string of the molecule is CC/C=C\C/C=C\C/C=C\C/C=C\C/C=C\C/C=C\C/C=C\C/C=C\C/C=C\C/C=C\C/C=C\C/C=C\CCCCC(=O)OC(COC(=O)CCCCCCCCCCC/C=C\CCCCCCCC)COP(=O)([O-])OCC[N+](C)(C)C. The molecule has 0 saturated heterocycles. The molecule has 10 heteroatoms. The van der Waals surface area contributed by atoms with Gasteiger partial charge in [0.15, 0.2) is 6.10 Å². The predicted molar refractivity (Wildman–Crippen MR) is 350 cm³/mol. The third-order valence-electron chi connectivity index (χ3n) is 13.0. The number of hydrogen-bond donors (Lipinski definition) is 0. The first-order valence-corrected chi connectivity index (χ1v) is 33.7. The highest BCUT2D eigenvalue weighted by atomic mass is 31.2. The summed E-state index contributed by atoms with van der Waals surface area (Å²) < 4.78 is 34.1. The number of phosphoric ester groups is 1. The molecule has 464 valence electrons. The molecule has 2 unspecified atom stereocenters. The van der Waals surface area contributed by atoms with Crippen molar-refractivity contribution in [2.75, 3.05) is 47.5 Å². The molecule has 0 fully saturated rings. The molecule has 2 atom stereocenters. The largest absolute Gasteiger partial charge is 0.756 e. The predicted octanol–water partition coefficient (Wildman–Crippen LogP) is 20.2. The van der Waals surface area contributed by atoms with Gasteiger partial charge in [0.2, 0.25) is 0 Å². The Morgan fingerprint density at radius 2 is 0.695 bits per heavy atom. The number of esters is 2. The number of unbranched alkanes of at least 4 members (excludes halogenated alkanes) is 17. The standard InChI is InChI=1S/C72H118NO8P/c1-6-8-10-12-14-16-18-20-22-24-26-27-28-29-30-31-32-33-34-35-36-37-38-39-40-41-42-43-44-45-47-49-51-53-55-57-59-61-63-65-72(75)81-70(69-80-82(76,77)79-67-66-73(3,4)5)68-78-71(74)64-62-60-58-56-54-52-50-48-46-25-23-21-19-17-15-13-11-9-7-2/h8,10,14,16,20-23,26-27,29-30,32-33,35-36,38-39,41-42,44-45,49,51,55,57,70H,6-7,9,11-13,15,17-19,24-25,28,31,34,37,40,43,46-48,50,52-54,56,58-69H2,1-5H3/b10-8-,16-14-,22-20-,23-21-,27-26-,30-29-,33-32-,36-35-,39-38-,42-41-,45-44-,51-49-,57-55-. The summed E-state index contributed by atoms with van der Waals surface area (Å²) in [4.78, 5) is 37.9. The minimum Gasteiger partial charge on any atom is -0.756 e. The van der Waals surface area contributed by atoms with Crippen LogP contribution >= 0.6 is 7.82 Å². The minimum absolute atomic E-state index is 0.0478. The van der Waals surface area contributed by atoms with Gasteiger partial charge in [0.1, 0.15) is 19.8 Å². The molecule has 9 nitrogen and oxygen atoms in total. The van der Waals surface area contributed by atoms with Gasteiger partial charge in [-0.1, -0.05) is 249 Å². The summed E-state index contributed by atoms with van der Waals surface area (Å²) in [5.74, 6) is -0.896. The van der Waals surface area contributed by atoms with Crippen molar-refractivity contribution in [1.82, 2.24) is 0 Å². The van der Waals surface area contributed by atoms with Gasteiger partial charge < -0.3 is 27.9 Å². The summed E-state index contributed by atoms with van der Waals surface area (Å²) in [6, 6.07) is 0. The van der Waals surface area contributed by atoms with Crippen molar-refractivity contribution in [2.24, 2.45) is 0 Å². The molecular weight excluding hydrogens is 1040 g/mol. The summed E-state index contributed by atoms with van der Waals surface area (Å²) >= 11 is 0. The molecule has 0 aliphatic heterocycles. The number of nitrogens with zero attached hydrogens (tertiary/aromatic N) is 1. The lowest BCUT2D eigenvalue weighted by Gasteiger charge is -2.28. The molecule has 0 N–H and O–H groups in total. The summed E-state index contributed by atoms with van der Waals surface area (Å²) in [5.41, 5.74) is 0. The Morgan fingerprint density at radius 3 is 1.07 bits per heavy atom. The number of rotatable bonds is 57. The number of carbonyl (C=O) groups excluding carboxylic acids is 2. The Bertz CT molecular complexity index is 1940. The molecule has 82 heavy (non-hydrogen) atoms. The molecule has 0 radical (unpaired) electrons. The normalized spacial score (nSPS) is 14.3. The Kier molecular flexibility index (Phi) is 57.9. The van der Waals surface area contributed by atoms with E-state index in [1.807, 2.05) is 21.1 Å². The van der Waals surface area contributed by atoms with Crippen LogP contribution in [0.15, 0.2) is 158 Å². The molecule has 0 rings (SSSR count). The van der Waals surface area contributed by atoms with Crippen LogP contribution in [0.1, 0.15) is 232 Å². The highest BCUT2D eigenvalue weighted by molar-refractivity contribution is 7.45. The lowest BCUT2D eigenvalue weighted by atomic mass is 10.1. The van der Waals surface area contributed by atoms with Crippen LogP contribution in [0.5, 0.6) is 0 Å². The van der Waals surface area contributed by atoms with Gasteiger partial charge in [-0.25, -0.2) is 0 Å². The van der Waals surface area contributed by atoms with Gasteiger partial charge in [-0.15, -0.1) is 0 Å².